The average molecular weight is 436 g/mol. The smallest absolute Gasteiger partial charge is 0.252 e. The standard InChI is InChI=1S/C19H21N3O3S3/c1-14-7-3-4-8-15(14)18(23)16-13-21-19(27-16)20-10-6-11-22(2)28(24,25)17-9-5-12-26-17/h3-5,7-9,12-13H,6,10-11H2,1-2H3,(H,20,21). The number of anilines is 1. The summed E-state index contributed by atoms with van der Waals surface area (Å²) in [5, 5.41) is 5.57. The normalized spacial score (nSPS) is 11.7. The first kappa shape index (κ1) is 20.7. The van der Waals surface area contributed by atoms with Gasteiger partial charge in [0.1, 0.15) is 4.21 Å². The van der Waals surface area contributed by atoms with Gasteiger partial charge in [-0.2, -0.15) is 0 Å². The number of thiazole rings is 1. The van der Waals surface area contributed by atoms with E-state index in [1.807, 2.05) is 31.2 Å². The van der Waals surface area contributed by atoms with Crippen molar-refractivity contribution in [2.45, 2.75) is 17.6 Å². The molecule has 2 heterocycles. The number of nitrogens with zero attached hydrogens (tertiary/aromatic N) is 2. The maximum absolute atomic E-state index is 12.6. The van der Waals surface area contributed by atoms with E-state index in [0.717, 1.165) is 5.56 Å². The molecule has 9 heteroatoms. The SMILES string of the molecule is Cc1ccccc1C(=O)c1cnc(NCCCN(C)S(=O)(=O)c2cccs2)s1. The van der Waals surface area contributed by atoms with Gasteiger partial charge < -0.3 is 5.32 Å². The highest BCUT2D eigenvalue weighted by atomic mass is 32.2. The zero-order chi connectivity index (χ0) is 20.1. The topological polar surface area (TPSA) is 79.4 Å². The number of sulfonamides is 1. The molecule has 0 bridgehead atoms. The first-order valence-electron chi connectivity index (χ1n) is 8.69. The minimum atomic E-state index is -3.42. The van der Waals surface area contributed by atoms with Crippen molar-refractivity contribution in [2.24, 2.45) is 0 Å². The number of aromatic nitrogens is 1. The Morgan fingerprint density at radius 1 is 1.21 bits per heavy atom. The second-order valence-electron chi connectivity index (χ2n) is 6.21. The Bertz CT molecular complexity index is 1040. The number of hydrogen-bond acceptors (Lipinski definition) is 7. The summed E-state index contributed by atoms with van der Waals surface area (Å²) in [7, 11) is -1.84. The molecule has 0 saturated heterocycles. The van der Waals surface area contributed by atoms with Crippen LogP contribution >= 0.6 is 22.7 Å². The molecule has 0 aliphatic heterocycles. The van der Waals surface area contributed by atoms with Crippen LogP contribution in [-0.2, 0) is 10.0 Å². The zero-order valence-corrected chi connectivity index (χ0v) is 18.0. The fraction of sp³-hybridized carbons (Fsp3) is 0.263. The number of nitrogens with one attached hydrogen (secondary N) is 1. The van der Waals surface area contributed by atoms with E-state index in [9.17, 15) is 13.2 Å². The molecule has 2 aromatic heterocycles. The molecule has 0 spiro atoms. The molecule has 0 aliphatic rings. The number of rotatable bonds is 9. The van der Waals surface area contributed by atoms with E-state index in [4.69, 9.17) is 0 Å². The molecule has 6 nitrogen and oxygen atoms in total. The molecule has 1 aromatic carbocycles. The van der Waals surface area contributed by atoms with Gasteiger partial charge in [0, 0.05) is 25.7 Å². The number of carbonyl (C=O) groups is 1. The Kier molecular flexibility index (Phi) is 6.61. The molecule has 0 radical (unpaired) electrons. The van der Waals surface area contributed by atoms with Crippen molar-refractivity contribution in [1.82, 2.24) is 9.29 Å². The van der Waals surface area contributed by atoms with Crippen molar-refractivity contribution in [3.63, 3.8) is 0 Å². The average Bonchev–Trinajstić information content (AvgIpc) is 3.37. The molecule has 3 rings (SSSR count). The van der Waals surface area contributed by atoms with Crippen molar-refractivity contribution >= 4 is 43.6 Å². The lowest BCUT2D eigenvalue weighted by atomic mass is 10.0. The van der Waals surface area contributed by atoms with Crippen LogP contribution in [0.25, 0.3) is 0 Å². The first-order valence-corrected chi connectivity index (χ1v) is 11.8. The van der Waals surface area contributed by atoms with E-state index >= 15 is 0 Å². The number of hydrogen-bond donors (Lipinski definition) is 1. The van der Waals surface area contributed by atoms with Gasteiger partial charge >= 0.3 is 0 Å². The number of thiophene rings is 1. The molecular weight excluding hydrogens is 414 g/mol. The summed E-state index contributed by atoms with van der Waals surface area (Å²) in [6.45, 7) is 2.87. The second kappa shape index (κ2) is 8.95. The molecule has 0 atom stereocenters. The van der Waals surface area contributed by atoms with Crippen LogP contribution in [0.4, 0.5) is 5.13 Å². The van der Waals surface area contributed by atoms with E-state index in [1.165, 1.54) is 27.0 Å². The molecule has 0 unspecified atom stereocenters. The third-order valence-electron chi connectivity index (χ3n) is 4.20. The minimum Gasteiger partial charge on any atom is -0.361 e. The minimum absolute atomic E-state index is 0.0366. The third-order valence-corrected chi connectivity index (χ3v) is 8.39. The maximum atomic E-state index is 12.6. The molecule has 3 aromatic rings. The first-order chi connectivity index (χ1) is 13.4. The van der Waals surface area contributed by atoms with Crippen molar-refractivity contribution < 1.29 is 13.2 Å². The van der Waals surface area contributed by atoms with E-state index in [1.54, 1.807) is 30.8 Å². The summed E-state index contributed by atoms with van der Waals surface area (Å²) in [4.78, 5) is 17.4. The predicted molar refractivity (Wildman–Crippen MR) is 114 cm³/mol. The van der Waals surface area contributed by atoms with Crippen molar-refractivity contribution in [3.05, 3.63) is 64.0 Å². The number of aryl methyl sites for hydroxylation is 1. The lowest BCUT2D eigenvalue weighted by Gasteiger charge is -2.15. The molecule has 0 amide bonds. The molecule has 0 fully saturated rings. The van der Waals surface area contributed by atoms with E-state index in [0.29, 0.717) is 39.3 Å². The van der Waals surface area contributed by atoms with Gasteiger partial charge in [0.2, 0.25) is 5.78 Å². The summed E-state index contributed by atoms with van der Waals surface area (Å²) >= 11 is 2.52. The Hall–Kier alpha value is -2.07. The van der Waals surface area contributed by atoms with Crippen LogP contribution in [0, 0.1) is 6.92 Å². The second-order valence-corrected chi connectivity index (χ2v) is 10.5. The van der Waals surface area contributed by atoms with Gasteiger partial charge in [0.05, 0.1) is 11.1 Å². The summed E-state index contributed by atoms with van der Waals surface area (Å²) in [5.74, 6) is -0.0366. The summed E-state index contributed by atoms with van der Waals surface area (Å²) in [6.07, 6.45) is 2.21. The highest BCUT2D eigenvalue weighted by Gasteiger charge is 2.21. The zero-order valence-electron chi connectivity index (χ0n) is 15.6. The van der Waals surface area contributed by atoms with Crippen molar-refractivity contribution in [2.75, 3.05) is 25.5 Å². The van der Waals surface area contributed by atoms with Gasteiger partial charge in [-0.1, -0.05) is 41.7 Å². The summed E-state index contributed by atoms with van der Waals surface area (Å²) in [5.41, 5.74) is 1.61. The molecule has 0 saturated carbocycles. The molecule has 28 heavy (non-hydrogen) atoms. The number of ketones is 1. The van der Waals surface area contributed by atoms with Gasteiger partial charge in [0.25, 0.3) is 10.0 Å². The van der Waals surface area contributed by atoms with Crippen LogP contribution in [0.1, 0.15) is 27.2 Å². The van der Waals surface area contributed by atoms with Gasteiger partial charge in [-0.25, -0.2) is 17.7 Å². The lowest BCUT2D eigenvalue weighted by Crippen LogP contribution is -2.28. The van der Waals surface area contributed by atoms with Gasteiger partial charge in [-0.3, -0.25) is 4.79 Å². The molecule has 1 N–H and O–H groups in total. The van der Waals surface area contributed by atoms with Crippen molar-refractivity contribution in [3.8, 4) is 0 Å². The van der Waals surface area contributed by atoms with Crippen LogP contribution in [-0.4, -0.2) is 43.6 Å². The fourth-order valence-corrected chi connectivity index (χ4v) is 5.81. The summed E-state index contributed by atoms with van der Waals surface area (Å²) in [6, 6.07) is 10.8. The Labute approximate surface area is 172 Å². The Balaban J connectivity index is 1.51. The lowest BCUT2D eigenvalue weighted by molar-refractivity contribution is 0.104. The number of benzene rings is 1. The van der Waals surface area contributed by atoms with E-state index in [-0.39, 0.29) is 5.78 Å². The monoisotopic (exact) mass is 435 g/mol. The highest BCUT2D eigenvalue weighted by molar-refractivity contribution is 7.91. The quantitative estimate of drug-likeness (QED) is 0.408. The van der Waals surface area contributed by atoms with Crippen LogP contribution in [0.3, 0.4) is 0 Å². The van der Waals surface area contributed by atoms with Crippen molar-refractivity contribution in [1.29, 1.82) is 0 Å². The maximum Gasteiger partial charge on any atom is 0.252 e. The Morgan fingerprint density at radius 3 is 2.71 bits per heavy atom. The summed E-state index contributed by atoms with van der Waals surface area (Å²) < 4.78 is 26.4. The van der Waals surface area contributed by atoms with Crippen LogP contribution in [0.2, 0.25) is 0 Å². The van der Waals surface area contributed by atoms with Crippen LogP contribution in [0.5, 0.6) is 0 Å². The number of carbonyl (C=O) groups excluding carboxylic acids is 1. The molecular formula is C19H21N3O3S3. The third kappa shape index (κ3) is 4.67. The van der Waals surface area contributed by atoms with Crippen LogP contribution < -0.4 is 5.32 Å². The van der Waals surface area contributed by atoms with E-state index < -0.39 is 10.0 Å². The highest BCUT2D eigenvalue weighted by Crippen LogP contribution is 2.23. The van der Waals surface area contributed by atoms with E-state index in [2.05, 4.69) is 10.3 Å². The van der Waals surface area contributed by atoms with Gasteiger partial charge in [-0.05, 0) is 30.4 Å². The molecule has 0 aliphatic carbocycles. The van der Waals surface area contributed by atoms with Gasteiger partial charge in [0.15, 0.2) is 5.13 Å². The molecule has 148 valence electrons. The van der Waals surface area contributed by atoms with Crippen LogP contribution in [0.15, 0.2) is 52.2 Å². The fourth-order valence-electron chi connectivity index (χ4n) is 2.60. The Morgan fingerprint density at radius 2 is 2.00 bits per heavy atom. The van der Waals surface area contributed by atoms with Gasteiger partial charge in [-0.15, -0.1) is 11.3 Å². The predicted octanol–water partition coefficient (Wildman–Crippen LogP) is 3.87. The largest absolute Gasteiger partial charge is 0.361 e.